The molecule has 0 spiro atoms. The van der Waals surface area contributed by atoms with E-state index in [0.29, 0.717) is 37.3 Å². The van der Waals surface area contributed by atoms with Crippen molar-refractivity contribution in [3.63, 3.8) is 0 Å². The SMILES string of the molecule is O=C(c1ccc(COc2c(F)c(F)cc(F)c2F)cc1)N1CCN(Cc2cccc(F)c2F)CC1. The molecule has 4 nitrogen and oxygen atoms in total. The molecular weight excluding hydrogens is 474 g/mol. The number of carbonyl (C=O) groups is 1. The number of amides is 1. The zero-order chi connectivity index (χ0) is 25.1. The van der Waals surface area contributed by atoms with E-state index in [4.69, 9.17) is 4.74 Å². The number of benzene rings is 3. The van der Waals surface area contributed by atoms with Crippen LogP contribution in [0.4, 0.5) is 26.3 Å². The summed E-state index contributed by atoms with van der Waals surface area (Å²) >= 11 is 0. The summed E-state index contributed by atoms with van der Waals surface area (Å²) in [5.41, 5.74) is 1.04. The minimum atomic E-state index is -1.63. The van der Waals surface area contributed by atoms with E-state index < -0.39 is 40.7 Å². The summed E-state index contributed by atoms with van der Waals surface area (Å²) < 4.78 is 86.2. The third kappa shape index (κ3) is 5.43. The molecule has 0 aromatic heterocycles. The first-order chi connectivity index (χ1) is 16.7. The van der Waals surface area contributed by atoms with Crippen molar-refractivity contribution in [1.29, 1.82) is 0 Å². The average Bonchev–Trinajstić information content (AvgIpc) is 2.86. The molecule has 0 atom stereocenters. The molecule has 0 bridgehead atoms. The van der Waals surface area contributed by atoms with Gasteiger partial charge in [-0.15, -0.1) is 0 Å². The predicted octanol–water partition coefficient (Wildman–Crippen LogP) is 5.06. The van der Waals surface area contributed by atoms with Gasteiger partial charge >= 0.3 is 0 Å². The van der Waals surface area contributed by atoms with Crippen LogP contribution >= 0.6 is 0 Å². The smallest absolute Gasteiger partial charge is 0.253 e. The molecule has 0 N–H and O–H groups in total. The second-order valence-corrected chi connectivity index (χ2v) is 8.06. The van der Waals surface area contributed by atoms with Crippen LogP contribution in [-0.4, -0.2) is 41.9 Å². The lowest BCUT2D eigenvalue weighted by Crippen LogP contribution is -2.48. The van der Waals surface area contributed by atoms with Gasteiger partial charge in [0.1, 0.15) is 6.61 Å². The highest BCUT2D eigenvalue weighted by molar-refractivity contribution is 5.94. The molecule has 10 heteroatoms. The van der Waals surface area contributed by atoms with Crippen LogP contribution in [0.25, 0.3) is 0 Å². The van der Waals surface area contributed by atoms with E-state index in [0.717, 1.165) is 6.07 Å². The fourth-order valence-corrected chi connectivity index (χ4v) is 3.78. The van der Waals surface area contributed by atoms with Crippen molar-refractivity contribution in [3.05, 3.63) is 100 Å². The summed E-state index contributed by atoms with van der Waals surface area (Å²) in [6.45, 7) is 1.61. The Labute approximate surface area is 197 Å². The fourth-order valence-electron chi connectivity index (χ4n) is 3.78. The van der Waals surface area contributed by atoms with Crippen molar-refractivity contribution in [1.82, 2.24) is 9.80 Å². The summed E-state index contributed by atoms with van der Waals surface area (Å²) in [6.07, 6.45) is 0. The first-order valence-electron chi connectivity index (χ1n) is 10.7. The van der Waals surface area contributed by atoms with Gasteiger partial charge < -0.3 is 9.64 Å². The van der Waals surface area contributed by atoms with Crippen LogP contribution in [0.3, 0.4) is 0 Å². The summed E-state index contributed by atoms with van der Waals surface area (Å²) in [6, 6.07) is 10.1. The van der Waals surface area contributed by atoms with Gasteiger partial charge in [0.25, 0.3) is 5.91 Å². The quantitative estimate of drug-likeness (QED) is 0.355. The summed E-state index contributed by atoms with van der Waals surface area (Å²) in [7, 11) is 0. The van der Waals surface area contributed by atoms with Gasteiger partial charge in [-0.05, 0) is 23.8 Å². The van der Waals surface area contributed by atoms with Crippen molar-refractivity contribution < 1.29 is 35.9 Å². The standard InChI is InChI=1S/C25H20F6N2O2/c26-18-3-1-2-17(21(18)29)13-32-8-10-33(11-9-32)25(34)16-6-4-15(5-7-16)14-35-24-22(30)19(27)12-20(28)23(24)31/h1-7,12H,8-11,13-14H2. The van der Waals surface area contributed by atoms with Crippen molar-refractivity contribution in [2.24, 2.45) is 0 Å². The van der Waals surface area contributed by atoms with Gasteiger partial charge in [-0.25, -0.2) is 17.6 Å². The number of nitrogens with zero attached hydrogens (tertiary/aromatic N) is 2. The van der Waals surface area contributed by atoms with E-state index in [9.17, 15) is 31.1 Å². The normalized spacial score (nSPS) is 14.3. The first-order valence-corrected chi connectivity index (χ1v) is 10.7. The fraction of sp³-hybridized carbons (Fsp3) is 0.240. The first kappa shape index (κ1) is 24.6. The molecule has 0 radical (unpaired) electrons. The lowest BCUT2D eigenvalue weighted by Gasteiger charge is -2.34. The van der Waals surface area contributed by atoms with Gasteiger partial charge in [0.15, 0.2) is 29.0 Å². The number of hydrogen-bond donors (Lipinski definition) is 0. The maximum Gasteiger partial charge on any atom is 0.253 e. The molecule has 0 aliphatic carbocycles. The molecule has 0 unspecified atom stereocenters. The topological polar surface area (TPSA) is 32.8 Å². The lowest BCUT2D eigenvalue weighted by atomic mass is 10.1. The van der Waals surface area contributed by atoms with Gasteiger partial charge in [-0.1, -0.05) is 24.3 Å². The maximum absolute atomic E-state index is 13.9. The van der Waals surface area contributed by atoms with E-state index in [1.807, 2.05) is 4.90 Å². The van der Waals surface area contributed by atoms with E-state index in [2.05, 4.69) is 0 Å². The number of hydrogen-bond acceptors (Lipinski definition) is 3. The predicted molar refractivity (Wildman–Crippen MR) is 115 cm³/mol. The van der Waals surface area contributed by atoms with E-state index in [-0.39, 0.29) is 30.7 Å². The highest BCUT2D eigenvalue weighted by atomic mass is 19.2. The zero-order valence-corrected chi connectivity index (χ0v) is 18.3. The van der Waals surface area contributed by atoms with Crippen molar-refractivity contribution in [3.8, 4) is 5.75 Å². The summed E-state index contributed by atoms with van der Waals surface area (Å²) in [5.74, 6) is -9.56. The molecule has 1 aliphatic rings. The van der Waals surface area contributed by atoms with Crippen LogP contribution in [0.5, 0.6) is 5.75 Å². The second-order valence-electron chi connectivity index (χ2n) is 8.06. The number of rotatable bonds is 6. The molecule has 1 amide bonds. The van der Waals surface area contributed by atoms with Gasteiger partial charge in [-0.2, -0.15) is 8.78 Å². The highest BCUT2D eigenvalue weighted by Gasteiger charge is 2.24. The van der Waals surface area contributed by atoms with E-state index in [1.54, 1.807) is 4.90 Å². The Bertz CT molecular complexity index is 1200. The molecule has 1 heterocycles. The van der Waals surface area contributed by atoms with Gasteiger partial charge in [0.05, 0.1) is 0 Å². The average molecular weight is 494 g/mol. The highest BCUT2D eigenvalue weighted by Crippen LogP contribution is 2.27. The van der Waals surface area contributed by atoms with Gasteiger partial charge in [-0.3, -0.25) is 9.69 Å². The zero-order valence-electron chi connectivity index (χ0n) is 18.3. The Morgan fingerprint density at radius 3 is 2.03 bits per heavy atom. The molecule has 1 fully saturated rings. The van der Waals surface area contributed by atoms with Crippen LogP contribution in [0.15, 0.2) is 48.5 Å². The molecule has 3 aromatic rings. The minimum Gasteiger partial charge on any atom is -0.483 e. The largest absolute Gasteiger partial charge is 0.483 e. The molecule has 184 valence electrons. The Balaban J connectivity index is 1.32. The van der Waals surface area contributed by atoms with Crippen molar-refractivity contribution >= 4 is 5.91 Å². The third-order valence-electron chi connectivity index (χ3n) is 5.74. The molecule has 1 saturated heterocycles. The molecule has 0 saturated carbocycles. The Morgan fingerprint density at radius 2 is 1.40 bits per heavy atom. The van der Waals surface area contributed by atoms with Gasteiger partial charge in [0, 0.05) is 49.9 Å². The molecular formula is C25H20F6N2O2. The van der Waals surface area contributed by atoms with Crippen molar-refractivity contribution in [2.45, 2.75) is 13.2 Å². The van der Waals surface area contributed by atoms with E-state index >= 15 is 0 Å². The van der Waals surface area contributed by atoms with Crippen LogP contribution in [-0.2, 0) is 13.2 Å². The number of carbonyl (C=O) groups excluding carboxylic acids is 1. The lowest BCUT2D eigenvalue weighted by molar-refractivity contribution is 0.0627. The van der Waals surface area contributed by atoms with Crippen LogP contribution in [0, 0.1) is 34.9 Å². The molecule has 35 heavy (non-hydrogen) atoms. The van der Waals surface area contributed by atoms with Gasteiger partial charge in [0.2, 0.25) is 11.6 Å². The maximum atomic E-state index is 13.9. The Morgan fingerprint density at radius 1 is 0.771 bits per heavy atom. The molecule has 1 aliphatic heterocycles. The Kier molecular flexibility index (Phi) is 7.30. The molecule has 3 aromatic carbocycles. The van der Waals surface area contributed by atoms with Crippen LogP contribution < -0.4 is 4.74 Å². The van der Waals surface area contributed by atoms with Crippen LogP contribution in [0.1, 0.15) is 21.5 Å². The second kappa shape index (κ2) is 10.4. The summed E-state index contributed by atoms with van der Waals surface area (Å²) in [4.78, 5) is 16.4. The minimum absolute atomic E-state index is 0.0948. The molecule has 4 rings (SSSR count). The number of piperazine rings is 1. The third-order valence-corrected chi connectivity index (χ3v) is 5.74. The van der Waals surface area contributed by atoms with Crippen molar-refractivity contribution in [2.75, 3.05) is 26.2 Å². The monoisotopic (exact) mass is 494 g/mol. The number of halogens is 6. The van der Waals surface area contributed by atoms with E-state index in [1.165, 1.54) is 36.4 Å². The summed E-state index contributed by atoms with van der Waals surface area (Å²) in [5, 5.41) is 0. The van der Waals surface area contributed by atoms with Crippen LogP contribution in [0.2, 0.25) is 0 Å². The number of ether oxygens (including phenoxy) is 1. The Hall–Kier alpha value is -3.53.